The number of fused-ring (bicyclic) bond motifs is 1. The zero-order chi connectivity index (χ0) is 16.2. The van der Waals surface area contributed by atoms with Gasteiger partial charge in [-0.15, -0.1) is 0 Å². The van der Waals surface area contributed by atoms with Crippen molar-refractivity contribution in [3.63, 3.8) is 0 Å². The topological polar surface area (TPSA) is 59.9 Å². The van der Waals surface area contributed by atoms with Gasteiger partial charge in [-0.1, -0.05) is 23.8 Å². The van der Waals surface area contributed by atoms with E-state index in [1.165, 1.54) is 5.56 Å². The molecule has 3 rings (SSSR count). The van der Waals surface area contributed by atoms with E-state index in [1.54, 1.807) is 6.21 Å². The average Bonchev–Trinajstić information content (AvgIpc) is 2.98. The van der Waals surface area contributed by atoms with Crippen LogP contribution in [0.2, 0.25) is 0 Å². The Labute approximate surface area is 134 Å². The highest BCUT2D eigenvalue weighted by atomic mass is 16.7. The zero-order valence-corrected chi connectivity index (χ0v) is 13.1. The average molecular weight is 310 g/mol. The van der Waals surface area contributed by atoms with Gasteiger partial charge in [0, 0.05) is 0 Å². The Morgan fingerprint density at radius 1 is 1.17 bits per heavy atom. The van der Waals surface area contributed by atoms with Crippen LogP contribution in [0.4, 0.5) is 0 Å². The molecule has 0 spiro atoms. The minimum absolute atomic E-state index is 0.144. The first kappa shape index (κ1) is 15.1. The number of rotatable bonds is 4. The van der Waals surface area contributed by atoms with Gasteiger partial charge in [0.15, 0.2) is 11.5 Å². The standard InChI is InChI=1S/C18H18N2O3/c1-12-3-5-15(13(2)7-12)9-18(21)20-19-10-14-4-6-16-17(8-14)23-11-22-16/h3-8,10H,9,11H2,1-2H3,(H,20,21)/b19-10+. The van der Waals surface area contributed by atoms with Crippen LogP contribution in [0.1, 0.15) is 22.3 Å². The molecule has 0 fully saturated rings. The predicted molar refractivity (Wildman–Crippen MR) is 87.9 cm³/mol. The number of nitrogens with one attached hydrogen (secondary N) is 1. The monoisotopic (exact) mass is 310 g/mol. The van der Waals surface area contributed by atoms with Gasteiger partial charge in [0.1, 0.15) is 0 Å². The van der Waals surface area contributed by atoms with E-state index >= 15 is 0 Å². The van der Waals surface area contributed by atoms with Gasteiger partial charge in [-0.2, -0.15) is 5.10 Å². The summed E-state index contributed by atoms with van der Waals surface area (Å²) < 4.78 is 10.5. The summed E-state index contributed by atoms with van der Waals surface area (Å²) in [7, 11) is 0. The van der Waals surface area contributed by atoms with Crippen LogP contribution < -0.4 is 14.9 Å². The first-order valence-electron chi connectivity index (χ1n) is 7.39. The molecule has 118 valence electrons. The number of benzene rings is 2. The largest absolute Gasteiger partial charge is 0.454 e. The third-order valence-corrected chi connectivity index (χ3v) is 3.65. The summed E-state index contributed by atoms with van der Waals surface area (Å²) in [4.78, 5) is 12.0. The van der Waals surface area contributed by atoms with Crippen molar-refractivity contribution in [3.8, 4) is 11.5 Å². The summed E-state index contributed by atoms with van der Waals surface area (Å²) in [5.74, 6) is 1.27. The molecule has 2 aromatic rings. The van der Waals surface area contributed by atoms with Crippen molar-refractivity contribution in [2.75, 3.05) is 6.79 Å². The van der Waals surface area contributed by atoms with Crippen molar-refractivity contribution in [2.45, 2.75) is 20.3 Å². The molecule has 0 atom stereocenters. The molecule has 0 aromatic heterocycles. The van der Waals surface area contributed by atoms with E-state index in [0.717, 1.165) is 22.4 Å². The number of carbonyl (C=O) groups excluding carboxylic acids is 1. The smallest absolute Gasteiger partial charge is 0.244 e. The molecule has 0 saturated heterocycles. The molecule has 1 aliphatic rings. The minimum atomic E-state index is -0.144. The van der Waals surface area contributed by atoms with E-state index in [-0.39, 0.29) is 12.7 Å². The molecule has 1 amide bonds. The van der Waals surface area contributed by atoms with Gasteiger partial charge in [-0.25, -0.2) is 5.43 Å². The maximum absolute atomic E-state index is 12.0. The summed E-state index contributed by atoms with van der Waals surface area (Å²) in [5.41, 5.74) is 6.69. The molecule has 1 heterocycles. The highest BCUT2D eigenvalue weighted by molar-refractivity contribution is 5.84. The van der Waals surface area contributed by atoms with Crippen LogP contribution in [0.3, 0.4) is 0 Å². The Morgan fingerprint density at radius 3 is 2.83 bits per heavy atom. The van der Waals surface area contributed by atoms with Crippen molar-refractivity contribution in [1.29, 1.82) is 0 Å². The summed E-state index contributed by atoms with van der Waals surface area (Å²) in [6.07, 6.45) is 1.90. The number of hydrazone groups is 1. The Kier molecular flexibility index (Phi) is 4.28. The maximum atomic E-state index is 12.0. The van der Waals surface area contributed by atoms with E-state index in [1.807, 2.05) is 44.2 Å². The fourth-order valence-electron chi connectivity index (χ4n) is 2.43. The molecule has 0 saturated carbocycles. The molecule has 23 heavy (non-hydrogen) atoms. The summed E-state index contributed by atoms with van der Waals surface area (Å²) in [6.45, 7) is 4.28. The van der Waals surface area contributed by atoms with Gasteiger partial charge >= 0.3 is 0 Å². The Morgan fingerprint density at radius 2 is 2.00 bits per heavy atom. The third kappa shape index (κ3) is 3.69. The normalized spacial score (nSPS) is 12.6. The van der Waals surface area contributed by atoms with Crippen LogP contribution in [-0.2, 0) is 11.2 Å². The molecular weight excluding hydrogens is 292 g/mol. The molecular formula is C18H18N2O3. The zero-order valence-electron chi connectivity index (χ0n) is 13.1. The fourth-order valence-corrected chi connectivity index (χ4v) is 2.43. The fraction of sp³-hybridized carbons (Fsp3) is 0.222. The molecule has 0 bridgehead atoms. The van der Waals surface area contributed by atoms with E-state index in [9.17, 15) is 4.79 Å². The molecule has 1 aliphatic heterocycles. The van der Waals surface area contributed by atoms with Crippen LogP contribution in [0.5, 0.6) is 11.5 Å². The van der Waals surface area contributed by atoms with Crippen molar-refractivity contribution < 1.29 is 14.3 Å². The Balaban J connectivity index is 1.58. The van der Waals surface area contributed by atoms with Crippen LogP contribution in [-0.4, -0.2) is 18.9 Å². The predicted octanol–water partition coefficient (Wildman–Crippen LogP) is 2.72. The van der Waals surface area contributed by atoms with E-state index in [4.69, 9.17) is 9.47 Å². The van der Waals surface area contributed by atoms with Gasteiger partial charge in [0.25, 0.3) is 0 Å². The molecule has 0 aliphatic carbocycles. The summed E-state index contributed by atoms with van der Waals surface area (Å²) in [6, 6.07) is 11.5. The molecule has 2 aromatic carbocycles. The van der Waals surface area contributed by atoms with Crippen LogP contribution >= 0.6 is 0 Å². The van der Waals surface area contributed by atoms with Crippen LogP contribution in [0.25, 0.3) is 0 Å². The van der Waals surface area contributed by atoms with E-state index < -0.39 is 0 Å². The summed E-state index contributed by atoms with van der Waals surface area (Å²) >= 11 is 0. The molecule has 5 nitrogen and oxygen atoms in total. The Bertz CT molecular complexity index is 769. The quantitative estimate of drug-likeness (QED) is 0.698. The lowest BCUT2D eigenvalue weighted by atomic mass is 10.0. The lowest BCUT2D eigenvalue weighted by Crippen LogP contribution is -2.20. The molecule has 0 radical (unpaired) electrons. The summed E-state index contributed by atoms with van der Waals surface area (Å²) in [5, 5.41) is 3.99. The van der Waals surface area contributed by atoms with Crippen molar-refractivity contribution in [1.82, 2.24) is 5.43 Å². The first-order chi connectivity index (χ1) is 11.1. The second-order valence-corrected chi connectivity index (χ2v) is 5.51. The Hall–Kier alpha value is -2.82. The molecule has 1 N–H and O–H groups in total. The van der Waals surface area contributed by atoms with Crippen molar-refractivity contribution in [2.24, 2.45) is 5.10 Å². The number of amides is 1. The number of carbonyl (C=O) groups is 1. The van der Waals surface area contributed by atoms with Crippen LogP contribution in [0, 0.1) is 13.8 Å². The van der Waals surface area contributed by atoms with Crippen molar-refractivity contribution >= 4 is 12.1 Å². The van der Waals surface area contributed by atoms with Crippen molar-refractivity contribution in [3.05, 3.63) is 58.7 Å². The second kappa shape index (κ2) is 6.52. The van der Waals surface area contributed by atoms with Crippen LogP contribution in [0.15, 0.2) is 41.5 Å². The number of hydrogen-bond acceptors (Lipinski definition) is 4. The number of ether oxygens (including phenoxy) is 2. The van der Waals surface area contributed by atoms with Gasteiger partial charge in [-0.05, 0) is 48.7 Å². The van der Waals surface area contributed by atoms with E-state index in [2.05, 4.69) is 16.6 Å². The third-order valence-electron chi connectivity index (χ3n) is 3.65. The highest BCUT2D eigenvalue weighted by Gasteiger charge is 2.12. The number of aryl methyl sites for hydroxylation is 2. The first-order valence-corrected chi connectivity index (χ1v) is 7.39. The van der Waals surface area contributed by atoms with Gasteiger partial charge < -0.3 is 9.47 Å². The second-order valence-electron chi connectivity index (χ2n) is 5.51. The lowest BCUT2D eigenvalue weighted by molar-refractivity contribution is -0.120. The lowest BCUT2D eigenvalue weighted by Gasteiger charge is -2.05. The van der Waals surface area contributed by atoms with E-state index in [0.29, 0.717) is 12.2 Å². The van der Waals surface area contributed by atoms with Gasteiger partial charge in [0.2, 0.25) is 12.7 Å². The number of hydrogen-bond donors (Lipinski definition) is 1. The highest BCUT2D eigenvalue weighted by Crippen LogP contribution is 2.31. The minimum Gasteiger partial charge on any atom is -0.454 e. The van der Waals surface area contributed by atoms with Gasteiger partial charge in [-0.3, -0.25) is 4.79 Å². The van der Waals surface area contributed by atoms with Gasteiger partial charge in [0.05, 0.1) is 12.6 Å². The molecule has 0 unspecified atom stereocenters. The number of nitrogens with zero attached hydrogens (tertiary/aromatic N) is 1. The maximum Gasteiger partial charge on any atom is 0.244 e. The SMILES string of the molecule is Cc1ccc(CC(=O)N/N=C/c2ccc3c(c2)OCO3)c(C)c1. The molecule has 5 heteroatoms.